The van der Waals surface area contributed by atoms with E-state index in [2.05, 4.69) is 10.3 Å². The number of fused-ring (bicyclic) bond motifs is 2. The lowest BCUT2D eigenvalue weighted by Gasteiger charge is -2.12. The van der Waals surface area contributed by atoms with E-state index in [0.29, 0.717) is 42.0 Å². The molecule has 3 aromatic rings. The monoisotopic (exact) mass is 368 g/mol. The molecule has 0 atom stereocenters. The summed E-state index contributed by atoms with van der Waals surface area (Å²) in [5.41, 5.74) is 2.01. The van der Waals surface area contributed by atoms with Gasteiger partial charge in [-0.3, -0.25) is 4.79 Å². The van der Waals surface area contributed by atoms with Crippen molar-refractivity contribution >= 4 is 28.4 Å². The molecule has 6 heteroatoms. The van der Waals surface area contributed by atoms with E-state index in [0.717, 1.165) is 22.9 Å². The largest absolute Gasteiger partial charge is 0.489 e. The number of hydrogen-bond acceptors (Lipinski definition) is 4. The summed E-state index contributed by atoms with van der Waals surface area (Å²) in [6.07, 6.45) is 0.810. The first-order valence-corrected chi connectivity index (χ1v) is 8.80. The minimum atomic E-state index is -0.237. The summed E-state index contributed by atoms with van der Waals surface area (Å²) in [4.78, 5) is 16.8. The van der Waals surface area contributed by atoms with E-state index in [-0.39, 0.29) is 5.91 Å². The number of aromatic nitrogens is 1. The number of ether oxygens (including phenoxy) is 2. The summed E-state index contributed by atoms with van der Waals surface area (Å²) in [6.45, 7) is 1.49. The predicted molar refractivity (Wildman–Crippen MR) is 100.0 cm³/mol. The van der Waals surface area contributed by atoms with Crippen LogP contribution in [0.4, 0.5) is 0 Å². The highest BCUT2D eigenvalue weighted by Gasteiger charge is 2.16. The lowest BCUT2D eigenvalue weighted by atomic mass is 10.2. The molecule has 26 heavy (non-hydrogen) atoms. The first kappa shape index (κ1) is 16.7. The molecule has 1 amide bonds. The summed E-state index contributed by atoms with van der Waals surface area (Å²) in [5, 5.41) is 4.36. The predicted octanol–water partition coefficient (Wildman–Crippen LogP) is 3.98. The van der Waals surface area contributed by atoms with E-state index in [1.54, 1.807) is 12.1 Å². The van der Waals surface area contributed by atoms with Gasteiger partial charge in [-0.15, -0.1) is 0 Å². The van der Waals surface area contributed by atoms with Crippen LogP contribution in [0.15, 0.2) is 48.5 Å². The van der Waals surface area contributed by atoms with Crippen molar-refractivity contribution in [3.63, 3.8) is 0 Å². The van der Waals surface area contributed by atoms with Gasteiger partial charge in [0.05, 0.1) is 23.8 Å². The third-order valence-electron chi connectivity index (χ3n) is 4.15. The van der Waals surface area contributed by atoms with Crippen LogP contribution in [0.25, 0.3) is 10.9 Å². The minimum Gasteiger partial charge on any atom is -0.489 e. The van der Waals surface area contributed by atoms with E-state index in [4.69, 9.17) is 21.1 Å². The highest BCUT2D eigenvalue weighted by Crippen LogP contribution is 2.37. The fraction of sp³-hybridized carbons (Fsp3) is 0.200. The molecule has 1 aliphatic heterocycles. The summed E-state index contributed by atoms with van der Waals surface area (Å²) in [7, 11) is 0. The van der Waals surface area contributed by atoms with Crippen molar-refractivity contribution in [2.75, 3.05) is 13.2 Å². The molecule has 0 aliphatic carbocycles. The number of para-hydroxylation sites is 1. The minimum absolute atomic E-state index is 0.237. The van der Waals surface area contributed by atoms with Gasteiger partial charge >= 0.3 is 0 Å². The molecule has 5 nitrogen and oxygen atoms in total. The Balaban J connectivity index is 1.50. The van der Waals surface area contributed by atoms with E-state index >= 15 is 0 Å². The van der Waals surface area contributed by atoms with Gasteiger partial charge in [0.15, 0.2) is 11.5 Å². The Hall–Kier alpha value is -2.79. The van der Waals surface area contributed by atoms with Crippen LogP contribution in [0.1, 0.15) is 22.5 Å². The second kappa shape index (κ2) is 7.22. The van der Waals surface area contributed by atoms with Gasteiger partial charge in [-0.1, -0.05) is 35.9 Å². The molecule has 1 N–H and O–H groups in total. The maximum Gasteiger partial charge on any atom is 0.270 e. The van der Waals surface area contributed by atoms with Crippen LogP contribution in [0.2, 0.25) is 5.02 Å². The maximum atomic E-state index is 12.4. The molecule has 1 aliphatic rings. The Morgan fingerprint density at radius 2 is 1.96 bits per heavy atom. The zero-order valence-corrected chi connectivity index (χ0v) is 14.8. The average molecular weight is 369 g/mol. The zero-order valence-electron chi connectivity index (χ0n) is 14.0. The first-order chi connectivity index (χ1) is 12.7. The Kier molecular flexibility index (Phi) is 4.63. The number of benzene rings is 2. The number of rotatable bonds is 3. The second-order valence-electron chi connectivity index (χ2n) is 6.03. The molecule has 0 unspecified atom stereocenters. The van der Waals surface area contributed by atoms with Gasteiger partial charge in [-0.05, 0) is 29.8 Å². The molecule has 132 valence electrons. The number of hydrogen-bond donors (Lipinski definition) is 1. The number of nitrogens with zero attached hydrogens (tertiary/aromatic N) is 1. The third kappa shape index (κ3) is 3.44. The van der Waals surface area contributed by atoms with Crippen molar-refractivity contribution in [1.82, 2.24) is 10.3 Å². The number of nitrogens with one attached hydrogen (secondary N) is 1. The second-order valence-corrected chi connectivity index (χ2v) is 6.43. The smallest absolute Gasteiger partial charge is 0.270 e. The number of pyridine rings is 1. The SMILES string of the molecule is O=C(NCc1cc(Cl)c2c(c1)OCCCO2)c1ccc2ccccc2n1. The van der Waals surface area contributed by atoms with Crippen LogP contribution in [-0.4, -0.2) is 24.1 Å². The van der Waals surface area contributed by atoms with Crippen LogP contribution in [0.3, 0.4) is 0 Å². The van der Waals surface area contributed by atoms with Crippen molar-refractivity contribution < 1.29 is 14.3 Å². The molecular weight excluding hydrogens is 352 g/mol. The van der Waals surface area contributed by atoms with Gasteiger partial charge in [0.1, 0.15) is 5.69 Å². The van der Waals surface area contributed by atoms with Crippen molar-refractivity contribution in [3.05, 3.63) is 64.8 Å². The summed E-state index contributed by atoms with van der Waals surface area (Å²) < 4.78 is 11.3. The Morgan fingerprint density at radius 1 is 1.12 bits per heavy atom. The Labute approximate surface area is 155 Å². The van der Waals surface area contributed by atoms with Gasteiger partial charge in [0.2, 0.25) is 0 Å². The van der Waals surface area contributed by atoms with Crippen LogP contribution >= 0.6 is 11.6 Å². The fourth-order valence-corrected chi connectivity index (χ4v) is 3.14. The molecular formula is C20H17ClN2O3. The highest BCUT2D eigenvalue weighted by molar-refractivity contribution is 6.32. The normalized spacial score (nSPS) is 13.3. The summed E-state index contributed by atoms with van der Waals surface area (Å²) >= 11 is 6.29. The standard InChI is InChI=1S/C20H17ClN2O3/c21-15-10-13(11-18-19(15)26-9-3-8-25-18)12-22-20(24)17-7-6-14-4-1-2-5-16(14)23-17/h1-2,4-7,10-11H,3,8-9,12H2,(H,22,24). The number of carbonyl (C=O) groups excluding carboxylic acids is 1. The lowest BCUT2D eigenvalue weighted by Crippen LogP contribution is -2.23. The van der Waals surface area contributed by atoms with Gasteiger partial charge in [0, 0.05) is 18.4 Å². The molecule has 1 aromatic heterocycles. The fourth-order valence-electron chi connectivity index (χ4n) is 2.85. The quantitative estimate of drug-likeness (QED) is 0.759. The molecule has 0 spiro atoms. The third-order valence-corrected chi connectivity index (χ3v) is 4.43. The van der Waals surface area contributed by atoms with Crippen molar-refractivity contribution in [2.24, 2.45) is 0 Å². The maximum absolute atomic E-state index is 12.4. The number of halogens is 1. The Morgan fingerprint density at radius 3 is 2.88 bits per heavy atom. The molecule has 4 rings (SSSR count). The van der Waals surface area contributed by atoms with Crippen molar-refractivity contribution in [1.29, 1.82) is 0 Å². The van der Waals surface area contributed by atoms with Crippen LogP contribution in [0, 0.1) is 0 Å². The topological polar surface area (TPSA) is 60.5 Å². The van der Waals surface area contributed by atoms with Gasteiger partial charge < -0.3 is 14.8 Å². The lowest BCUT2D eigenvalue weighted by molar-refractivity contribution is 0.0946. The molecule has 0 saturated carbocycles. The van der Waals surface area contributed by atoms with E-state index in [9.17, 15) is 4.79 Å². The van der Waals surface area contributed by atoms with Crippen LogP contribution in [0.5, 0.6) is 11.5 Å². The van der Waals surface area contributed by atoms with Crippen molar-refractivity contribution in [2.45, 2.75) is 13.0 Å². The molecule has 2 heterocycles. The van der Waals surface area contributed by atoms with Gasteiger partial charge in [-0.2, -0.15) is 0 Å². The van der Waals surface area contributed by atoms with Gasteiger partial charge in [0.25, 0.3) is 5.91 Å². The molecule has 0 saturated heterocycles. The van der Waals surface area contributed by atoms with Crippen molar-refractivity contribution in [3.8, 4) is 11.5 Å². The van der Waals surface area contributed by atoms with E-state index in [1.165, 1.54) is 0 Å². The molecule has 2 aromatic carbocycles. The zero-order chi connectivity index (χ0) is 17.9. The van der Waals surface area contributed by atoms with E-state index in [1.807, 2.05) is 36.4 Å². The average Bonchev–Trinajstić information content (AvgIpc) is 2.91. The molecule has 0 fully saturated rings. The molecule has 0 bridgehead atoms. The summed E-state index contributed by atoms with van der Waals surface area (Å²) in [6, 6.07) is 14.9. The van der Waals surface area contributed by atoms with Crippen LogP contribution in [-0.2, 0) is 6.54 Å². The van der Waals surface area contributed by atoms with Gasteiger partial charge in [-0.25, -0.2) is 4.98 Å². The number of amides is 1. The highest BCUT2D eigenvalue weighted by atomic mass is 35.5. The van der Waals surface area contributed by atoms with E-state index < -0.39 is 0 Å². The molecule has 0 radical (unpaired) electrons. The first-order valence-electron chi connectivity index (χ1n) is 8.43. The number of carbonyl (C=O) groups is 1. The van der Waals surface area contributed by atoms with Crippen LogP contribution < -0.4 is 14.8 Å². The Bertz CT molecular complexity index is 974. The summed E-state index contributed by atoms with van der Waals surface area (Å²) in [5.74, 6) is 0.942.